The summed E-state index contributed by atoms with van der Waals surface area (Å²) in [7, 11) is 0. The van der Waals surface area contributed by atoms with Gasteiger partial charge in [0.05, 0.1) is 6.61 Å². The highest BCUT2D eigenvalue weighted by molar-refractivity contribution is 6.54. The van der Waals surface area contributed by atoms with Gasteiger partial charge in [0.1, 0.15) is 5.92 Å². The van der Waals surface area contributed by atoms with Gasteiger partial charge in [-0.15, -0.1) is 0 Å². The Balaban J connectivity index is 2.60. The van der Waals surface area contributed by atoms with Crippen molar-refractivity contribution in [2.75, 3.05) is 6.61 Å². The molecular weight excluding hydrogens is 191 g/mol. The lowest BCUT2D eigenvalue weighted by Crippen LogP contribution is -2.24. The van der Waals surface area contributed by atoms with E-state index < -0.39 is 22.5 Å². The third kappa shape index (κ3) is 1.84. The van der Waals surface area contributed by atoms with Gasteiger partial charge in [-0.3, -0.25) is 9.59 Å². The molecule has 0 amide bonds. The summed E-state index contributed by atoms with van der Waals surface area (Å²) in [6.45, 7) is 0.287. The summed E-state index contributed by atoms with van der Waals surface area (Å²) >= 11 is 10.6. The minimum Gasteiger partial charge on any atom is -0.465 e. The second-order valence-electron chi connectivity index (χ2n) is 2.21. The van der Waals surface area contributed by atoms with Crippen LogP contribution >= 0.6 is 23.2 Å². The van der Waals surface area contributed by atoms with E-state index in [4.69, 9.17) is 23.2 Å². The van der Waals surface area contributed by atoms with Crippen LogP contribution in [0.2, 0.25) is 0 Å². The van der Waals surface area contributed by atoms with Crippen LogP contribution in [0.15, 0.2) is 0 Å². The number of rotatable bonds is 2. The van der Waals surface area contributed by atoms with Crippen molar-refractivity contribution in [2.45, 2.75) is 11.3 Å². The smallest absolute Gasteiger partial charge is 0.316 e. The monoisotopic (exact) mass is 196 g/mol. The first kappa shape index (κ1) is 8.81. The van der Waals surface area contributed by atoms with Crippen molar-refractivity contribution in [2.24, 2.45) is 5.92 Å². The number of halogens is 2. The summed E-state index contributed by atoms with van der Waals surface area (Å²) in [5, 5.41) is 0. The maximum atomic E-state index is 11.0. The Hall–Kier alpha value is -0.280. The highest BCUT2D eigenvalue weighted by atomic mass is 35.5. The van der Waals surface area contributed by atoms with Gasteiger partial charge in [-0.05, 0) is 0 Å². The van der Waals surface area contributed by atoms with Crippen LogP contribution in [0.5, 0.6) is 0 Å². The minimum absolute atomic E-state index is 0.287. The topological polar surface area (TPSA) is 43.4 Å². The van der Waals surface area contributed by atoms with E-state index in [0.29, 0.717) is 6.42 Å². The molecule has 3 nitrogen and oxygen atoms in total. The molecule has 1 aliphatic heterocycles. The molecular formula is C6H6Cl2O3. The number of ether oxygens (including phenoxy) is 1. The summed E-state index contributed by atoms with van der Waals surface area (Å²) in [5.74, 6) is -1.72. The molecule has 0 radical (unpaired) electrons. The summed E-state index contributed by atoms with van der Waals surface area (Å²) in [4.78, 5) is 20.6. The molecule has 1 atom stereocenters. The maximum Gasteiger partial charge on any atom is 0.316 e. The summed E-state index contributed by atoms with van der Waals surface area (Å²) < 4.78 is 4.56. The number of carbonyl (C=O) groups is 2. The third-order valence-electron chi connectivity index (χ3n) is 1.49. The highest BCUT2D eigenvalue weighted by Crippen LogP contribution is 2.20. The lowest BCUT2D eigenvalue weighted by Gasteiger charge is -2.03. The van der Waals surface area contributed by atoms with E-state index in [1.54, 1.807) is 0 Å². The number of esters is 1. The normalized spacial score (nSPS) is 23.9. The number of cyclic esters (lactones) is 1. The lowest BCUT2D eigenvalue weighted by atomic mass is 10.0. The summed E-state index contributed by atoms with van der Waals surface area (Å²) in [6.07, 6.45) is 0.396. The molecule has 5 heteroatoms. The van der Waals surface area contributed by atoms with E-state index in [2.05, 4.69) is 4.74 Å². The van der Waals surface area contributed by atoms with Crippen LogP contribution in [0.1, 0.15) is 6.42 Å². The fourth-order valence-electron chi connectivity index (χ4n) is 0.906. The molecule has 11 heavy (non-hydrogen) atoms. The molecule has 0 spiro atoms. The third-order valence-corrected chi connectivity index (χ3v) is 1.92. The van der Waals surface area contributed by atoms with Crippen molar-refractivity contribution in [3.05, 3.63) is 0 Å². The number of ketones is 1. The molecule has 0 bridgehead atoms. The second-order valence-corrected chi connectivity index (χ2v) is 3.31. The molecule has 0 aromatic rings. The standard InChI is InChI=1S/C6H6Cl2O3/c7-5(8)4(9)3-1-2-11-6(3)10/h3,5H,1-2H2. The van der Waals surface area contributed by atoms with Crippen molar-refractivity contribution in [3.8, 4) is 0 Å². The molecule has 1 fully saturated rings. The van der Waals surface area contributed by atoms with Crippen LogP contribution in [-0.4, -0.2) is 23.2 Å². The number of hydrogen-bond acceptors (Lipinski definition) is 3. The van der Waals surface area contributed by atoms with Gasteiger partial charge < -0.3 is 4.74 Å². The van der Waals surface area contributed by atoms with Crippen molar-refractivity contribution >= 4 is 35.0 Å². The van der Waals surface area contributed by atoms with Crippen LogP contribution in [-0.2, 0) is 14.3 Å². The first-order valence-electron chi connectivity index (χ1n) is 3.11. The largest absolute Gasteiger partial charge is 0.465 e. The molecule has 1 rings (SSSR count). The maximum absolute atomic E-state index is 11.0. The van der Waals surface area contributed by atoms with E-state index in [1.165, 1.54) is 0 Å². The Morgan fingerprint density at radius 1 is 1.64 bits per heavy atom. The number of Topliss-reactive ketones (excluding diaryl/α,β-unsaturated/α-hetero) is 1. The molecule has 0 saturated carbocycles. The van der Waals surface area contributed by atoms with Gasteiger partial charge >= 0.3 is 5.97 Å². The van der Waals surface area contributed by atoms with Gasteiger partial charge in [0.25, 0.3) is 0 Å². The van der Waals surface area contributed by atoms with Crippen molar-refractivity contribution < 1.29 is 14.3 Å². The first-order valence-corrected chi connectivity index (χ1v) is 3.98. The second kappa shape index (κ2) is 3.41. The molecule has 0 N–H and O–H groups in total. The number of carbonyl (C=O) groups excluding carboxylic acids is 2. The van der Waals surface area contributed by atoms with Crippen LogP contribution in [0.25, 0.3) is 0 Å². The highest BCUT2D eigenvalue weighted by Gasteiger charge is 2.35. The molecule has 62 valence electrons. The van der Waals surface area contributed by atoms with Crippen molar-refractivity contribution in [1.82, 2.24) is 0 Å². The lowest BCUT2D eigenvalue weighted by molar-refractivity contribution is -0.144. The SMILES string of the molecule is O=C1OCCC1C(=O)C(Cl)Cl. The fourth-order valence-corrected chi connectivity index (χ4v) is 1.21. The quantitative estimate of drug-likeness (QED) is 0.375. The van der Waals surface area contributed by atoms with E-state index in [-0.39, 0.29) is 6.61 Å². The van der Waals surface area contributed by atoms with Gasteiger partial charge in [-0.1, -0.05) is 23.2 Å². The van der Waals surface area contributed by atoms with E-state index in [0.717, 1.165) is 0 Å². The van der Waals surface area contributed by atoms with Gasteiger partial charge in [-0.2, -0.15) is 0 Å². The zero-order valence-corrected chi connectivity index (χ0v) is 7.06. The molecule has 1 saturated heterocycles. The average molecular weight is 197 g/mol. The Kier molecular flexibility index (Phi) is 2.73. The minimum atomic E-state index is -1.12. The van der Waals surface area contributed by atoms with Crippen LogP contribution in [0, 0.1) is 5.92 Å². The summed E-state index contributed by atoms with van der Waals surface area (Å²) in [5.41, 5.74) is 0. The first-order chi connectivity index (χ1) is 5.13. The Labute approximate surface area is 73.6 Å². The molecule has 1 heterocycles. The van der Waals surface area contributed by atoms with E-state index >= 15 is 0 Å². The Morgan fingerprint density at radius 3 is 2.64 bits per heavy atom. The van der Waals surface area contributed by atoms with Crippen LogP contribution in [0.4, 0.5) is 0 Å². The zero-order valence-electron chi connectivity index (χ0n) is 5.55. The van der Waals surface area contributed by atoms with Gasteiger partial charge in [0, 0.05) is 6.42 Å². The van der Waals surface area contributed by atoms with Gasteiger partial charge in [-0.25, -0.2) is 0 Å². The predicted octanol–water partition coefficient (Wildman–Crippen LogP) is 0.922. The van der Waals surface area contributed by atoms with Crippen molar-refractivity contribution in [3.63, 3.8) is 0 Å². The number of alkyl halides is 2. The Bertz CT molecular complexity index is 190. The molecule has 1 aliphatic rings. The van der Waals surface area contributed by atoms with Gasteiger partial charge in [0.15, 0.2) is 10.6 Å². The molecule has 0 aliphatic carbocycles. The predicted molar refractivity (Wildman–Crippen MR) is 39.6 cm³/mol. The fraction of sp³-hybridized carbons (Fsp3) is 0.667. The average Bonchev–Trinajstić information content (AvgIpc) is 2.33. The molecule has 0 aromatic heterocycles. The van der Waals surface area contributed by atoms with Crippen molar-refractivity contribution in [1.29, 1.82) is 0 Å². The molecule has 1 unspecified atom stereocenters. The zero-order chi connectivity index (χ0) is 8.43. The van der Waals surface area contributed by atoms with Gasteiger partial charge in [0.2, 0.25) is 0 Å². The van der Waals surface area contributed by atoms with E-state index in [9.17, 15) is 9.59 Å². The van der Waals surface area contributed by atoms with E-state index in [1.807, 2.05) is 0 Å². The summed E-state index contributed by atoms with van der Waals surface area (Å²) in [6, 6.07) is 0. The number of hydrogen-bond donors (Lipinski definition) is 0. The van der Waals surface area contributed by atoms with Crippen LogP contribution < -0.4 is 0 Å². The Morgan fingerprint density at radius 2 is 2.27 bits per heavy atom. The molecule has 0 aromatic carbocycles. The van der Waals surface area contributed by atoms with Crippen LogP contribution in [0.3, 0.4) is 0 Å².